The van der Waals surface area contributed by atoms with Gasteiger partial charge in [-0.2, -0.15) is 0 Å². The van der Waals surface area contributed by atoms with Crippen LogP contribution in [-0.4, -0.2) is 30.6 Å². The molecular formula is C14H21F2NO. The molecular weight excluding hydrogens is 236 g/mol. The average molecular weight is 257 g/mol. The first-order valence-corrected chi connectivity index (χ1v) is 6.14. The van der Waals surface area contributed by atoms with Gasteiger partial charge in [-0.1, -0.05) is 19.9 Å². The Labute approximate surface area is 107 Å². The average Bonchev–Trinajstić information content (AvgIpc) is 2.30. The molecule has 0 bridgehead atoms. The van der Waals surface area contributed by atoms with Crippen LogP contribution >= 0.6 is 0 Å². The van der Waals surface area contributed by atoms with Crippen LogP contribution in [0.25, 0.3) is 0 Å². The third-order valence-corrected chi connectivity index (χ3v) is 3.41. The van der Waals surface area contributed by atoms with Gasteiger partial charge in [-0.05, 0) is 38.2 Å². The normalized spacial score (nSPS) is 16.7. The van der Waals surface area contributed by atoms with E-state index in [9.17, 15) is 13.9 Å². The fraction of sp³-hybridized carbons (Fsp3) is 0.571. The number of nitrogens with zero attached hydrogens (tertiary/aromatic N) is 1. The zero-order chi connectivity index (χ0) is 13.9. The number of hydrogen-bond donors (Lipinski definition) is 1. The van der Waals surface area contributed by atoms with Crippen LogP contribution in [0.3, 0.4) is 0 Å². The summed E-state index contributed by atoms with van der Waals surface area (Å²) in [5.41, 5.74) is -0.711. The second kappa shape index (κ2) is 5.76. The summed E-state index contributed by atoms with van der Waals surface area (Å²) in [6.45, 7) is 4.42. The largest absolute Gasteiger partial charge is 0.385 e. The maximum absolute atomic E-state index is 13.3. The Balaban J connectivity index is 3.09. The van der Waals surface area contributed by atoms with Crippen LogP contribution in [0, 0.1) is 17.6 Å². The van der Waals surface area contributed by atoms with E-state index < -0.39 is 17.2 Å². The highest BCUT2D eigenvalue weighted by molar-refractivity contribution is 5.25. The van der Waals surface area contributed by atoms with Crippen LogP contribution in [0.15, 0.2) is 18.2 Å². The maximum Gasteiger partial charge on any atom is 0.159 e. The van der Waals surface area contributed by atoms with E-state index in [1.165, 1.54) is 6.07 Å². The van der Waals surface area contributed by atoms with Crippen molar-refractivity contribution in [2.24, 2.45) is 5.92 Å². The lowest BCUT2D eigenvalue weighted by atomic mass is 9.80. The Kier molecular flexibility index (Phi) is 4.82. The van der Waals surface area contributed by atoms with Crippen LogP contribution in [0.1, 0.15) is 25.8 Å². The van der Waals surface area contributed by atoms with Crippen molar-refractivity contribution in [2.45, 2.75) is 25.9 Å². The SMILES string of the molecule is CCC(O)(c1ccc(F)c(F)c1)C(C)CN(C)C. The van der Waals surface area contributed by atoms with Crippen LogP contribution in [0.4, 0.5) is 8.78 Å². The van der Waals surface area contributed by atoms with Gasteiger partial charge in [0.05, 0.1) is 5.60 Å². The minimum Gasteiger partial charge on any atom is -0.385 e. The molecule has 0 heterocycles. The van der Waals surface area contributed by atoms with Crippen molar-refractivity contribution in [3.8, 4) is 0 Å². The molecule has 0 aromatic heterocycles. The monoisotopic (exact) mass is 257 g/mol. The van der Waals surface area contributed by atoms with Crippen LogP contribution < -0.4 is 0 Å². The van der Waals surface area contributed by atoms with E-state index in [2.05, 4.69) is 0 Å². The molecule has 1 aromatic carbocycles. The lowest BCUT2D eigenvalue weighted by Gasteiger charge is -2.35. The summed E-state index contributed by atoms with van der Waals surface area (Å²) in [6.07, 6.45) is 0.451. The Hall–Kier alpha value is -1.00. The summed E-state index contributed by atoms with van der Waals surface area (Å²) in [6, 6.07) is 3.60. The molecule has 0 spiro atoms. The molecule has 0 aliphatic rings. The highest BCUT2D eigenvalue weighted by Gasteiger charge is 2.34. The van der Waals surface area contributed by atoms with E-state index in [-0.39, 0.29) is 5.92 Å². The molecule has 2 atom stereocenters. The molecule has 0 amide bonds. The van der Waals surface area contributed by atoms with E-state index in [1.807, 2.05) is 32.8 Å². The zero-order valence-corrected chi connectivity index (χ0v) is 11.4. The van der Waals surface area contributed by atoms with E-state index in [4.69, 9.17) is 0 Å². The molecule has 0 saturated heterocycles. The second-order valence-electron chi connectivity index (χ2n) is 5.07. The standard InChI is InChI=1S/C14H21F2NO/c1-5-14(18,10(2)9-17(3)4)11-6-7-12(15)13(16)8-11/h6-8,10,18H,5,9H2,1-4H3. The summed E-state index contributed by atoms with van der Waals surface area (Å²) < 4.78 is 26.2. The van der Waals surface area contributed by atoms with Gasteiger partial charge in [-0.15, -0.1) is 0 Å². The molecule has 102 valence electrons. The number of hydrogen-bond acceptors (Lipinski definition) is 2. The third kappa shape index (κ3) is 3.06. The number of benzene rings is 1. The predicted octanol–water partition coefficient (Wildman–Crippen LogP) is 2.76. The maximum atomic E-state index is 13.3. The van der Waals surface area contributed by atoms with Crippen molar-refractivity contribution in [1.82, 2.24) is 4.90 Å². The molecule has 4 heteroatoms. The Morgan fingerprint density at radius 1 is 1.28 bits per heavy atom. The minimum atomic E-state index is -1.14. The number of rotatable bonds is 5. The van der Waals surface area contributed by atoms with E-state index in [1.54, 1.807) is 0 Å². The van der Waals surface area contributed by atoms with E-state index in [0.29, 0.717) is 18.5 Å². The lowest BCUT2D eigenvalue weighted by molar-refractivity contribution is -0.0294. The Morgan fingerprint density at radius 3 is 2.33 bits per heavy atom. The molecule has 1 N–H and O–H groups in total. The highest BCUT2D eigenvalue weighted by atomic mass is 19.2. The molecule has 0 saturated carbocycles. The molecule has 0 radical (unpaired) electrons. The van der Waals surface area contributed by atoms with E-state index >= 15 is 0 Å². The van der Waals surface area contributed by atoms with Crippen molar-refractivity contribution < 1.29 is 13.9 Å². The van der Waals surface area contributed by atoms with Gasteiger partial charge in [0.1, 0.15) is 0 Å². The Morgan fingerprint density at radius 2 is 1.89 bits per heavy atom. The Bertz CT molecular complexity index is 409. The molecule has 1 rings (SSSR count). The van der Waals surface area contributed by atoms with Gasteiger partial charge < -0.3 is 10.0 Å². The summed E-state index contributed by atoms with van der Waals surface area (Å²) >= 11 is 0. The van der Waals surface area contributed by atoms with Gasteiger partial charge in [0, 0.05) is 12.5 Å². The quantitative estimate of drug-likeness (QED) is 0.876. The van der Waals surface area contributed by atoms with Gasteiger partial charge in [-0.25, -0.2) is 8.78 Å². The molecule has 2 unspecified atom stereocenters. The molecule has 1 aromatic rings. The first kappa shape index (κ1) is 15.1. The topological polar surface area (TPSA) is 23.5 Å². The van der Waals surface area contributed by atoms with Gasteiger partial charge >= 0.3 is 0 Å². The highest BCUT2D eigenvalue weighted by Crippen LogP contribution is 2.34. The molecule has 0 fully saturated rings. The van der Waals surface area contributed by atoms with Crippen molar-refractivity contribution in [3.63, 3.8) is 0 Å². The van der Waals surface area contributed by atoms with Crippen molar-refractivity contribution in [1.29, 1.82) is 0 Å². The molecule has 18 heavy (non-hydrogen) atoms. The fourth-order valence-electron chi connectivity index (χ4n) is 2.30. The predicted molar refractivity (Wildman–Crippen MR) is 68.3 cm³/mol. The molecule has 0 aliphatic carbocycles. The lowest BCUT2D eigenvalue weighted by Crippen LogP contribution is -2.38. The van der Waals surface area contributed by atoms with Gasteiger partial charge in [-0.3, -0.25) is 0 Å². The minimum absolute atomic E-state index is 0.0811. The zero-order valence-electron chi connectivity index (χ0n) is 11.4. The summed E-state index contributed by atoms with van der Waals surface area (Å²) in [5.74, 6) is -1.89. The third-order valence-electron chi connectivity index (χ3n) is 3.41. The summed E-state index contributed by atoms with van der Waals surface area (Å²) in [4.78, 5) is 1.96. The van der Waals surface area contributed by atoms with Crippen molar-refractivity contribution in [2.75, 3.05) is 20.6 Å². The second-order valence-corrected chi connectivity index (χ2v) is 5.07. The summed E-state index contributed by atoms with van der Waals surface area (Å²) in [7, 11) is 3.83. The fourth-order valence-corrected chi connectivity index (χ4v) is 2.30. The van der Waals surface area contributed by atoms with Crippen molar-refractivity contribution in [3.05, 3.63) is 35.4 Å². The number of aliphatic hydroxyl groups is 1. The van der Waals surface area contributed by atoms with E-state index in [0.717, 1.165) is 12.1 Å². The van der Waals surface area contributed by atoms with Gasteiger partial charge in [0.25, 0.3) is 0 Å². The molecule has 2 nitrogen and oxygen atoms in total. The number of halogens is 2. The molecule has 0 aliphatic heterocycles. The summed E-state index contributed by atoms with van der Waals surface area (Å²) in [5, 5.41) is 10.7. The first-order chi connectivity index (χ1) is 8.31. The van der Waals surface area contributed by atoms with Gasteiger partial charge in [0.2, 0.25) is 0 Å². The van der Waals surface area contributed by atoms with Crippen molar-refractivity contribution >= 4 is 0 Å². The van der Waals surface area contributed by atoms with Gasteiger partial charge in [0.15, 0.2) is 11.6 Å². The van der Waals surface area contributed by atoms with Crippen LogP contribution in [0.5, 0.6) is 0 Å². The van der Waals surface area contributed by atoms with Crippen LogP contribution in [0.2, 0.25) is 0 Å². The van der Waals surface area contributed by atoms with Crippen LogP contribution in [-0.2, 0) is 5.60 Å². The first-order valence-electron chi connectivity index (χ1n) is 6.14. The smallest absolute Gasteiger partial charge is 0.159 e.